The molecule has 0 bridgehead atoms. The van der Waals surface area contributed by atoms with Crippen molar-refractivity contribution in [2.24, 2.45) is 0 Å². The molecule has 5 heteroatoms. The topological polar surface area (TPSA) is 64.6 Å². The zero-order valence-electron chi connectivity index (χ0n) is 15.9. The predicted octanol–water partition coefficient (Wildman–Crippen LogP) is 3.05. The van der Waals surface area contributed by atoms with E-state index < -0.39 is 0 Å². The van der Waals surface area contributed by atoms with Gasteiger partial charge in [0.25, 0.3) is 5.91 Å². The van der Waals surface area contributed by atoms with Crippen molar-refractivity contribution < 1.29 is 9.90 Å². The number of hydrogen-bond acceptors (Lipinski definition) is 4. The molecule has 1 fully saturated rings. The number of carbonyl (C=O) groups excluding carboxylic acids is 1. The lowest BCUT2D eigenvalue weighted by Gasteiger charge is -2.26. The number of rotatable bonds is 8. The number of nitrogens with one attached hydrogen (secondary N) is 2. The summed E-state index contributed by atoms with van der Waals surface area (Å²) in [6.07, 6.45) is 1.54. The second kappa shape index (κ2) is 9.53. The first-order valence-corrected chi connectivity index (χ1v) is 9.76. The second-order valence-electron chi connectivity index (χ2n) is 7.14. The quantitative estimate of drug-likeness (QED) is 0.671. The van der Waals surface area contributed by atoms with Gasteiger partial charge in [-0.1, -0.05) is 37.3 Å². The van der Waals surface area contributed by atoms with Crippen LogP contribution in [0.4, 0.5) is 5.69 Å². The highest BCUT2D eigenvalue weighted by atomic mass is 16.3. The fourth-order valence-electron chi connectivity index (χ4n) is 3.42. The minimum absolute atomic E-state index is 0.0333. The molecule has 1 heterocycles. The Kier molecular flexibility index (Phi) is 6.85. The molecule has 3 rings (SSSR count). The van der Waals surface area contributed by atoms with Crippen LogP contribution >= 0.6 is 0 Å². The van der Waals surface area contributed by atoms with E-state index in [0.29, 0.717) is 12.1 Å². The molecule has 144 valence electrons. The molecule has 5 nitrogen and oxygen atoms in total. The molecule has 1 aliphatic rings. The summed E-state index contributed by atoms with van der Waals surface area (Å²) in [6.45, 7) is 5.21. The van der Waals surface area contributed by atoms with Gasteiger partial charge in [-0.2, -0.15) is 0 Å². The normalized spacial score (nSPS) is 18.2. The predicted molar refractivity (Wildman–Crippen MR) is 109 cm³/mol. The summed E-state index contributed by atoms with van der Waals surface area (Å²) in [5, 5.41) is 16.3. The van der Waals surface area contributed by atoms with Gasteiger partial charge in [0.1, 0.15) is 0 Å². The van der Waals surface area contributed by atoms with Gasteiger partial charge < -0.3 is 15.7 Å². The van der Waals surface area contributed by atoms with E-state index in [1.165, 1.54) is 5.56 Å². The fourth-order valence-corrected chi connectivity index (χ4v) is 3.42. The number of amides is 1. The molecule has 0 aliphatic carbocycles. The van der Waals surface area contributed by atoms with Crippen LogP contribution in [-0.4, -0.2) is 48.2 Å². The largest absolute Gasteiger partial charge is 0.392 e. The summed E-state index contributed by atoms with van der Waals surface area (Å²) >= 11 is 0. The Labute approximate surface area is 161 Å². The maximum Gasteiger partial charge on any atom is 0.251 e. The van der Waals surface area contributed by atoms with Crippen LogP contribution in [0.2, 0.25) is 0 Å². The molecule has 2 aromatic carbocycles. The van der Waals surface area contributed by atoms with Crippen molar-refractivity contribution in [2.75, 3.05) is 31.5 Å². The van der Waals surface area contributed by atoms with Crippen LogP contribution in [0, 0.1) is 0 Å². The highest BCUT2D eigenvalue weighted by Crippen LogP contribution is 2.23. The van der Waals surface area contributed by atoms with E-state index in [0.717, 1.165) is 38.2 Å². The van der Waals surface area contributed by atoms with Crippen LogP contribution in [0.1, 0.15) is 41.7 Å². The van der Waals surface area contributed by atoms with Crippen LogP contribution in [0.3, 0.4) is 0 Å². The fraction of sp³-hybridized carbons (Fsp3) is 0.409. The van der Waals surface area contributed by atoms with Crippen LogP contribution in [0.25, 0.3) is 0 Å². The number of benzene rings is 2. The standard InChI is InChI=1S/C22H29N3O2/c1-2-13-23-22(27)18-8-10-19(11-9-18)24-21(17-6-4-3-5-7-17)16-25-14-12-20(26)15-25/h3-11,20-21,24,26H,2,12-16H2,1H3,(H,23,27)/t20-,21+/m0/s1. The minimum Gasteiger partial charge on any atom is -0.392 e. The van der Waals surface area contributed by atoms with Crippen molar-refractivity contribution in [3.05, 3.63) is 65.7 Å². The van der Waals surface area contributed by atoms with Gasteiger partial charge in [0.05, 0.1) is 12.1 Å². The number of β-amino-alcohol motifs (C(OH)–C–C–N with tert-alkyl or cyclic N) is 1. The van der Waals surface area contributed by atoms with Crippen molar-refractivity contribution >= 4 is 11.6 Å². The zero-order valence-corrected chi connectivity index (χ0v) is 15.9. The number of nitrogens with zero attached hydrogens (tertiary/aromatic N) is 1. The Hall–Kier alpha value is -2.37. The van der Waals surface area contributed by atoms with Gasteiger partial charge in [-0.3, -0.25) is 9.69 Å². The average Bonchev–Trinajstić information content (AvgIpc) is 3.11. The molecule has 0 unspecified atom stereocenters. The second-order valence-corrected chi connectivity index (χ2v) is 7.14. The highest BCUT2D eigenvalue weighted by molar-refractivity contribution is 5.94. The first-order chi connectivity index (χ1) is 13.2. The summed E-state index contributed by atoms with van der Waals surface area (Å²) < 4.78 is 0. The van der Waals surface area contributed by atoms with Crippen LogP contribution in [-0.2, 0) is 0 Å². The SMILES string of the molecule is CCCNC(=O)c1ccc(N[C@H](CN2CC[C@H](O)C2)c2ccccc2)cc1. The molecule has 0 radical (unpaired) electrons. The van der Waals surface area contributed by atoms with E-state index in [4.69, 9.17) is 0 Å². The van der Waals surface area contributed by atoms with Gasteiger partial charge in [-0.25, -0.2) is 0 Å². The molecular weight excluding hydrogens is 338 g/mol. The summed E-state index contributed by atoms with van der Waals surface area (Å²) in [7, 11) is 0. The van der Waals surface area contributed by atoms with E-state index >= 15 is 0 Å². The molecule has 3 N–H and O–H groups in total. The lowest BCUT2D eigenvalue weighted by atomic mass is 10.1. The van der Waals surface area contributed by atoms with Gasteiger partial charge in [0.2, 0.25) is 0 Å². The molecule has 2 aromatic rings. The van der Waals surface area contributed by atoms with Gasteiger partial charge in [-0.05, 0) is 42.7 Å². The van der Waals surface area contributed by atoms with Crippen molar-refractivity contribution in [3.63, 3.8) is 0 Å². The molecule has 0 saturated carbocycles. The number of hydrogen-bond donors (Lipinski definition) is 3. The Balaban J connectivity index is 1.69. The highest BCUT2D eigenvalue weighted by Gasteiger charge is 2.23. The third-order valence-corrected chi connectivity index (χ3v) is 4.91. The average molecular weight is 367 g/mol. The molecular formula is C22H29N3O2. The molecule has 1 saturated heterocycles. The maximum atomic E-state index is 12.1. The Morgan fingerprint density at radius 1 is 1.19 bits per heavy atom. The van der Waals surface area contributed by atoms with E-state index in [1.807, 2.05) is 49.4 Å². The molecule has 2 atom stereocenters. The lowest BCUT2D eigenvalue weighted by Crippen LogP contribution is -2.30. The van der Waals surface area contributed by atoms with E-state index in [9.17, 15) is 9.90 Å². The Morgan fingerprint density at radius 2 is 1.93 bits per heavy atom. The van der Waals surface area contributed by atoms with Crippen molar-refractivity contribution in [3.8, 4) is 0 Å². The van der Waals surface area contributed by atoms with Gasteiger partial charge in [-0.15, -0.1) is 0 Å². The van der Waals surface area contributed by atoms with Gasteiger partial charge in [0, 0.05) is 37.4 Å². The van der Waals surface area contributed by atoms with Crippen LogP contribution in [0.15, 0.2) is 54.6 Å². The summed E-state index contributed by atoms with van der Waals surface area (Å²) in [6, 6.07) is 18.1. The smallest absolute Gasteiger partial charge is 0.251 e. The van der Waals surface area contributed by atoms with Gasteiger partial charge in [0.15, 0.2) is 0 Å². The van der Waals surface area contributed by atoms with Crippen molar-refractivity contribution in [2.45, 2.75) is 31.9 Å². The number of anilines is 1. The lowest BCUT2D eigenvalue weighted by molar-refractivity contribution is 0.0953. The van der Waals surface area contributed by atoms with Gasteiger partial charge >= 0.3 is 0 Å². The van der Waals surface area contributed by atoms with E-state index in [2.05, 4.69) is 27.7 Å². The number of carbonyl (C=O) groups is 1. The first kappa shape index (κ1) is 19.4. The molecule has 0 aromatic heterocycles. The summed E-state index contributed by atoms with van der Waals surface area (Å²) in [5.41, 5.74) is 2.87. The Morgan fingerprint density at radius 3 is 2.56 bits per heavy atom. The number of likely N-dealkylation sites (tertiary alicyclic amines) is 1. The molecule has 0 spiro atoms. The number of aliphatic hydroxyl groups is 1. The molecule has 27 heavy (non-hydrogen) atoms. The molecule has 1 amide bonds. The maximum absolute atomic E-state index is 12.1. The summed E-state index contributed by atoms with van der Waals surface area (Å²) in [5.74, 6) is -0.0333. The van der Waals surface area contributed by atoms with E-state index in [1.54, 1.807) is 0 Å². The third-order valence-electron chi connectivity index (χ3n) is 4.91. The van der Waals surface area contributed by atoms with Crippen LogP contribution in [0.5, 0.6) is 0 Å². The van der Waals surface area contributed by atoms with Crippen LogP contribution < -0.4 is 10.6 Å². The monoisotopic (exact) mass is 367 g/mol. The summed E-state index contributed by atoms with van der Waals surface area (Å²) in [4.78, 5) is 14.4. The number of aliphatic hydroxyl groups excluding tert-OH is 1. The van der Waals surface area contributed by atoms with Crippen molar-refractivity contribution in [1.29, 1.82) is 0 Å². The third kappa shape index (κ3) is 5.55. The zero-order chi connectivity index (χ0) is 19.1. The minimum atomic E-state index is -0.220. The van der Waals surface area contributed by atoms with E-state index in [-0.39, 0.29) is 18.1 Å². The van der Waals surface area contributed by atoms with Crippen molar-refractivity contribution in [1.82, 2.24) is 10.2 Å². The molecule has 1 aliphatic heterocycles. The first-order valence-electron chi connectivity index (χ1n) is 9.76. The Bertz CT molecular complexity index is 718.